The van der Waals surface area contributed by atoms with E-state index in [1.54, 1.807) is 18.2 Å². The van der Waals surface area contributed by atoms with Gasteiger partial charge < -0.3 is 10.6 Å². The number of carbonyl (C=O) groups excluding carboxylic acids is 2. The standard InChI is InChI=1S/C20H17Cl4FN2O2/c1-2-4-15(28)26-13-5-3-6-14(18(13)25)27-19(29)17-16(20(17,23)24)10-7-11(21)9-12(22)8-10/h3,5-9,16-17H,2,4H2,1H3,(H,26,28)(H,27,29). The molecule has 9 heteroatoms. The molecule has 1 saturated carbocycles. The summed E-state index contributed by atoms with van der Waals surface area (Å²) in [6.07, 6.45) is 0.900. The molecular weight excluding hydrogens is 461 g/mol. The van der Waals surface area contributed by atoms with Crippen molar-refractivity contribution in [2.75, 3.05) is 10.6 Å². The fourth-order valence-electron chi connectivity index (χ4n) is 3.20. The average Bonchev–Trinajstić information content (AvgIpc) is 3.20. The van der Waals surface area contributed by atoms with Gasteiger partial charge in [-0.2, -0.15) is 0 Å². The van der Waals surface area contributed by atoms with E-state index in [-0.39, 0.29) is 23.7 Å². The van der Waals surface area contributed by atoms with Gasteiger partial charge in [-0.15, -0.1) is 23.2 Å². The largest absolute Gasteiger partial charge is 0.324 e. The second-order valence-electron chi connectivity index (χ2n) is 6.79. The predicted molar refractivity (Wildman–Crippen MR) is 116 cm³/mol. The molecular formula is C20H17Cl4FN2O2. The lowest BCUT2D eigenvalue weighted by molar-refractivity contribution is -0.117. The first-order valence-corrected chi connectivity index (χ1v) is 10.4. The SMILES string of the molecule is CCCC(=O)Nc1cccc(NC(=O)C2C(c3cc(Cl)cc(Cl)c3)C2(Cl)Cl)c1F. The van der Waals surface area contributed by atoms with Gasteiger partial charge in [-0.3, -0.25) is 9.59 Å². The van der Waals surface area contributed by atoms with E-state index in [1.165, 1.54) is 18.2 Å². The predicted octanol–water partition coefficient (Wildman–Crippen LogP) is 6.40. The van der Waals surface area contributed by atoms with Crippen molar-refractivity contribution in [2.24, 2.45) is 5.92 Å². The molecule has 2 aromatic rings. The first kappa shape index (κ1) is 22.2. The van der Waals surface area contributed by atoms with Crippen molar-refractivity contribution in [3.8, 4) is 0 Å². The molecule has 0 radical (unpaired) electrons. The third-order valence-corrected chi connectivity index (χ3v) is 5.96. The zero-order valence-corrected chi connectivity index (χ0v) is 18.3. The highest BCUT2D eigenvalue weighted by molar-refractivity contribution is 6.53. The van der Waals surface area contributed by atoms with E-state index < -0.39 is 27.9 Å². The number of halogens is 5. The normalized spacial score (nSPS) is 19.5. The molecule has 29 heavy (non-hydrogen) atoms. The summed E-state index contributed by atoms with van der Waals surface area (Å²) in [7, 11) is 0. The maximum Gasteiger partial charge on any atom is 0.231 e. The van der Waals surface area contributed by atoms with Gasteiger partial charge >= 0.3 is 0 Å². The van der Waals surface area contributed by atoms with Crippen molar-refractivity contribution in [2.45, 2.75) is 30.0 Å². The topological polar surface area (TPSA) is 58.2 Å². The fraction of sp³-hybridized carbons (Fsp3) is 0.300. The van der Waals surface area contributed by atoms with E-state index in [4.69, 9.17) is 46.4 Å². The number of amides is 2. The summed E-state index contributed by atoms with van der Waals surface area (Å²) in [6, 6.07) is 9.16. The van der Waals surface area contributed by atoms with Crippen LogP contribution in [0.15, 0.2) is 36.4 Å². The molecule has 3 rings (SSSR count). The van der Waals surface area contributed by atoms with Gasteiger partial charge in [-0.05, 0) is 42.3 Å². The summed E-state index contributed by atoms with van der Waals surface area (Å²) in [6.45, 7) is 1.84. The first-order valence-electron chi connectivity index (χ1n) is 8.88. The van der Waals surface area contributed by atoms with Gasteiger partial charge in [0.1, 0.15) is 4.33 Å². The molecule has 0 saturated heterocycles. The van der Waals surface area contributed by atoms with Crippen LogP contribution in [0.5, 0.6) is 0 Å². The van der Waals surface area contributed by atoms with Crippen molar-refractivity contribution < 1.29 is 14.0 Å². The molecule has 0 aliphatic heterocycles. The van der Waals surface area contributed by atoms with Crippen LogP contribution in [-0.2, 0) is 9.59 Å². The third kappa shape index (κ3) is 4.80. The monoisotopic (exact) mass is 476 g/mol. The van der Waals surface area contributed by atoms with Crippen LogP contribution in [-0.4, -0.2) is 16.1 Å². The number of rotatable bonds is 6. The second-order valence-corrected chi connectivity index (χ2v) is 9.10. The molecule has 2 amide bonds. The second kappa shape index (κ2) is 8.68. The van der Waals surface area contributed by atoms with E-state index >= 15 is 0 Å². The number of nitrogens with one attached hydrogen (secondary N) is 2. The molecule has 1 aliphatic carbocycles. The number of carbonyl (C=O) groups is 2. The Balaban J connectivity index is 1.77. The number of anilines is 2. The van der Waals surface area contributed by atoms with Crippen LogP contribution >= 0.6 is 46.4 Å². The van der Waals surface area contributed by atoms with E-state index in [2.05, 4.69) is 10.6 Å². The minimum absolute atomic E-state index is 0.0155. The number of hydrogen-bond donors (Lipinski definition) is 2. The van der Waals surface area contributed by atoms with E-state index in [0.29, 0.717) is 22.0 Å². The van der Waals surface area contributed by atoms with Gasteiger partial charge in [0.05, 0.1) is 17.3 Å². The number of benzene rings is 2. The van der Waals surface area contributed by atoms with Gasteiger partial charge in [0.25, 0.3) is 0 Å². The minimum Gasteiger partial charge on any atom is -0.324 e. The van der Waals surface area contributed by atoms with Crippen LogP contribution in [0.2, 0.25) is 10.0 Å². The van der Waals surface area contributed by atoms with Gasteiger partial charge in [0.2, 0.25) is 11.8 Å². The Morgan fingerprint density at radius 2 is 1.66 bits per heavy atom. The Bertz CT molecular complexity index is 947. The number of alkyl halides is 2. The quantitative estimate of drug-likeness (QED) is 0.473. The van der Waals surface area contributed by atoms with Crippen molar-refractivity contribution >= 4 is 69.6 Å². The molecule has 4 nitrogen and oxygen atoms in total. The first-order chi connectivity index (χ1) is 13.6. The molecule has 154 valence electrons. The Hall–Kier alpha value is -1.53. The van der Waals surface area contributed by atoms with Crippen molar-refractivity contribution in [3.05, 3.63) is 57.8 Å². The highest BCUT2D eigenvalue weighted by Gasteiger charge is 2.67. The Morgan fingerprint density at radius 1 is 1.07 bits per heavy atom. The van der Waals surface area contributed by atoms with Crippen molar-refractivity contribution in [1.29, 1.82) is 0 Å². The van der Waals surface area contributed by atoms with E-state index in [1.807, 2.05) is 6.92 Å². The molecule has 1 fully saturated rings. The molecule has 2 unspecified atom stereocenters. The van der Waals surface area contributed by atoms with Crippen LogP contribution in [0.4, 0.5) is 15.8 Å². The Labute approximate surface area is 187 Å². The summed E-state index contributed by atoms with van der Waals surface area (Å²) in [5.74, 6) is -2.97. The third-order valence-electron chi connectivity index (χ3n) is 4.59. The lowest BCUT2D eigenvalue weighted by Crippen LogP contribution is -2.19. The Morgan fingerprint density at radius 3 is 2.24 bits per heavy atom. The van der Waals surface area contributed by atoms with E-state index in [0.717, 1.165) is 0 Å². The summed E-state index contributed by atoms with van der Waals surface area (Å²) >= 11 is 24.7. The van der Waals surface area contributed by atoms with Gasteiger partial charge in [-0.1, -0.05) is 36.2 Å². The Kier molecular flexibility index (Phi) is 6.64. The van der Waals surface area contributed by atoms with Crippen molar-refractivity contribution in [3.63, 3.8) is 0 Å². The molecule has 1 aliphatic rings. The molecule has 2 aromatic carbocycles. The average molecular weight is 478 g/mol. The van der Waals surface area contributed by atoms with Crippen LogP contribution < -0.4 is 10.6 Å². The zero-order chi connectivity index (χ0) is 21.3. The van der Waals surface area contributed by atoms with Crippen molar-refractivity contribution in [1.82, 2.24) is 0 Å². The van der Waals surface area contributed by atoms with Crippen LogP contribution in [0, 0.1) is 11.7 Å². The molecule has 0 heterocycles. The minimum atomic E-state index is -1.37. The van der Waals surface area contributed by atoms with Crippen LogP contribution in [0.25, 0.3) is 0 Å². The fourth-order valence-corrected chi connectivity index (χ4v) is 4.57. The summed E-state index contributed by atoms with van der Waals surface area (Å²) in [4.78, 5) is 24.5. The summed E-state index contributed by atoms with van der Waals surface area (Å²) < 4.78 is 13.3. The highest BCUT2D eigenvalue weighted by atomic mass is 35.5. The lowest BCUT2D eigenvalue weighted by atomic mass is 10.1. The number of hydrogen-bond acceptors (Lipinski definition) is 2. The molecule has 0 bridgehead atoms. The van der Waals surface area contributed by atoms with E-state index in [9.17, 15) is 14.0 Å². The smallest absolute Gasteiger partial charge is 0.231 e. The van der Waals surface area contributed by atoms with Gasteiger partial charge in [-0.25, -0.2) is 4.39 Å². The lowest BCUT2D eigenvalue weighted by Gasteiger charge is -2.11. The summed E-state index contributed by atoms with van der Waals surface area (Å²) in [5.41, 5.74) is 0.523. The molecule has 2 N–H and O–H groups in total. The maximum atomic E-state index is 14.7. The van der Waals surface area contributed by atoms with Gasteiger partial charge in [0.15, 0.2) is 5.82 Å². The molecule has 0 aromatic heterocycles. The van der Waals surface area contributed by atoms with Gasteiger partial charge in [0, 0.05) is 22.4 Å². The zero-order valence-electron chi connectivity index (χ0n) is 15.2. The molecule has 0 spiro atoms. The van der Waals surface area contributed by atoms with Crippen LogP contribution in [0.3, 0.4) is 0 Å². The summed E-state index contributed by atoms with van der Waals surface area (Å²) in [5, 5.41) is 5.77. The highest BCUT2D eigenvalue weighted by Crippen LogP contribution is 2.65. The molecule has 2 atom stereocenters. The van der Waals surface area contributed by atoms with Crippen LogP contribution in [0.1, 0.15) is 31.2 Å². The maximum absolute atomic E-state index is 14.7.